The Morgan fingerprint density at radius 2 is 1.96 bits per heavy atom. The molecule has 3 aromatic rings. The van der Waals surface area contributed by atoms with Crippen LogP contribution in [0.1, 0.15) is 27.9 Å². The van der Waals surface area contributed by atoms with Crippen molar-refractivity contribution in [3.05, 3.63) is 83.6 Å². The van der Waals surface area contributed by atoms with Crippen molar-refractivity contribution in [3.63, 3.8) is 0 Å². The zero-order valence-corrected chi connectivity index (χ0v) is 14.8. The largest absolute Gasteiger partial charge is 0.326 e. The standard InChI is InChI=1S/C22H21N3O/c1-16-6-4-8-18(14-16)22(26)24-19-11-12-21(23-15-19)25-13-5-9-17-7-2-3-10-20(17)25/h2-4,6-8,10-12,14-15H,5,9,13H2,1H3,(H,24,26). The first-order chi connectivity index (χ1) is 12.7. The molecule has 0 spiro atoms. The maximum atomic E-state index is 12.4. The summed E-state index contributed by atoms with van der Waals surface area (Å²) in [6, 6.07) is 19.9. The molecule has 0 atom stereocenters. The number of carbonyl (C=O) groups excluding carboxylic acids is 1. The molecule has 26 heavy (non-hydrogen) atoms. The van der Waals surface area contributed by atoms with Crippen LogP contribution in [0.2, 0.25) is 0 Å². The Hall–Kier alpha value is -3.14. The van der Waals surface area contributed by atoms with Crippen molar-refractivity contribution in [2.24, 2.45) is 0 Å². The van der Waals surface area contributed by atoms with Gasteiger partial charge in [0.05, 0.1) is 11.9 Å². The lowest BCUT2D eigenvalue weighted by molar-refractivity contribution is 0.102. The molecule has 4 heteroatoms. The number of benzene rings is 2. The van der Waals surface area contributed by atoms with Crippen LogP contribution in [0.15, 0.2) is 66.9 Å². The minimum absolute atomic E-state index is 0.119. The second kappa shape index (κ2) is 7.00. The van der Waals surface area contributed by atoms with Crippen molar-refractivity contribution >= 4 is 23.1 Å². The zero-order chi connectivity index (χ0) is 17.9. The van der Waals surface area contributed by atoms with Gasteiger partial charge in [-0.15, -0.1) is 0 Å². The number of anilines is 3. The predicted octanol–water partition coefficient (Wildman–Crippen LogP) is 4.73. The molecular weight excluding hydrogens is 322 g/mol. The number of pyridine rings is 1. The first-order valence-electron chi connectivity index (χ1n) is 8.90. The Morgan fingerprint density at radius 3 is 2.77 bits per heavy atom. The van der Waals surface area contributed by atoms with Gasteiger partial charge >= 0.3 is 0 Å². The molecule has 2 aromatic carbocycles. The molecule has 0 fully saturated rings. The highest BCUT2D eigenvalue weighted by Crippen LogP contribution is 2.32. The third-order valence-electron chi connectivity index (χ3n) is 4.67. The minimum Gasteiger partial charge on any atom is -0.326 e. The van der Waals surface area contributed by atoms with Crippen molar-refractivity contribution in [1.29, 1.82) is 0 Å². The van der Waals surface area contributed by atoms with E-state index in [4.69, 9.17) is 0 Å². The molecule has 2 heterocycles. The highest BCUT2D eigenvalue weighted by atomic mass is 16.1. The monoisotopic (exact) mass is 343 g/mol. The molecular formula is C22H21N3O. The highest BCUT2D eigenvalue weighted by Gasteiger charge is 2.18. The van der Waals surface area contributed by atoms with Crippen LogP contribution in [-0.2, 0) is 6.42 Å². The normalized spacial score (nSPS) is 13.2. The maximum Gasteiger partial charge on any atom is 0.255 e. The number of hydrogen-bond acceptors (Lipinski definition) is 3. The van der Waals surface area contributed by atoms with Gasteiger partial charge in [-0.05, 0) is 55.7 Å². The summed E-state index contributed by atoms with van der Waals surface area (Å²) in [6.07, 6.45) is 3.95. The summed E-state index contributed by atoms with van der Waals surface area (Å²) in [4.78, 5) is 19.2. The number of carbonyl (C=O) groups is 1. The fourth-order valence-electron chi connectivity index (χ4n) is 3.38. The van der Waals surface area contributed by atoms with Crippen molar-refractivity contribution in [2.75, 3.05) is 16.8 Å². The van der Waals surface area contributed by atoms with Crippen LogP contribution in [0.5, 0.6) is 0 Å². The molecule has 130 valence electrons. The van der Waals surface area contributed by atoms with Crippen LogP contribution < -0.4 is 10.2 Å². The Morgan fingerprint density at radius 1 is 1.08 bits per heavy atom. The van der Waals surface area contributed by atoms with E-state index in [0.717, 1.165) is 30.8 Å². The first kappa shape index (κ1) is 16.3. The van der Waals surface area contributed by atoms with Gasteiger partial charge in [0.1, 0.15) is 5.82 Å². The van der Waals surface area contributed by atoms with Crippen molar-refractivity contribution < 1.29 is 4.79 Å². The average Bonchev–Trinajstić information content (AvgIpc) is 2.68. The summed E-state index contributed by atoms with van der Waals surface area (Å²) in [7, 11) is 0. The number of aromatic nitrogens is 1. The van der Waals surface area contributed by atoms with E-state index in [1.807, 2.05) is 43.3 Å². The lowest BCUT2D eigenvalue weighted by Crippen LogP contribution is -2.25. The second-order valence-corrected chi connectivity index (χ2v) is 6.61. The van der Waals surface area contributed by atoms with Gasteiger partial charge in [-0.25, -0.2) is 4.98 Å². The summed E-state index contributed by atoms with van der Waals surface area (Å²) in [5.41, 5.74) is 5.00. The summed E-state index contributed by atoms with van der Waals surface area (Å²) >= 11 is 0. The third kappa shape index (κ3) is 3.31. The lowest BCUT2D eigenvalue weighted by Gasteiger charge is -2.30. The Balaban J connectivity index is 1.52. The molecule has 1 aliphatic heterocycles. The highest BCUT2D eigenvalue weighted by molar-refractivity contribution is 6.04. The number of para-hydroxylation sites is 1. The second-order valence-electron chi connectivity index (χ2n) is 6.61. The molecule has 0 bridgehead atoms. The lowest BCUT2D eigenvalue weighted by atomic mass is 10.0. The summed E-state index contributed by atoms with van der Waals surface area (Å²) in [5, 5.41) is 2.91. The maximum absolute atomic E-state index is 12.4. The Kier molecular flexibility index (Phi) is 4.40. The van der Waals surface area contributed by atoms with Crippen LogP contribution in [0, 0.1) is 6.92 Å². The summed E-state index contributed by atoms with van der Waals surface area (Å²) in [6.45, 7) is 2.93. The number of hydrogen-bond donors (Lipinski definition) is 1. The van der Waals surface area contributed by atoms with Gasteiger partial charge < -0.3 is 10.2 Å². The average molecular weight is 343 g/mol. The molecule has 0 aliphatic carbocycles. The number of fused-ring (bicyclic) bond motifs is 1. The number of amides is 1. The van der Waals surface area contributed by atoms with E-state index < -0.39 is 0 Å². The van der Waals surface area contributed by atoms with E-state index in [9.17, 15) is 4.79 Å². The van der Waals surface area contributed by atoms with Gasteiger partial charge in [0.2, 0.25) is 0 Å². The predicted molar refractivity (Wildman–Crippen MR) is 105 cm³/mol. The van der Waals surface area contributed by atoms with E-state index in [1.54, 1.807) is 6.20 Å². The zero-order valence-electron chi connectivity index (χ0n) is 14.8. The fourth-order valence-corrected chi connectivity index (χ4v) is 3.38. The van der Waals surface area contributed by atoms with Crippen molar-refractivity contribution in [1.82, 2.24) is 4.98 Å². The van der Waals surface area contributed by atoms with Crippen molar-refractivity contribution in [2.45, 2.75) is 19.8 Å². The molecule has 0 unspecified atom stereocenters. The van der Waals surface area contributed by atoms with Crippen LogP contribution in [0.3, 0.4) is 0 Å². The topological polar surface area (TPSA) is 45.2 Å². The van der Waals surface area contributed by atoms with Gasteiger partial charge in [0.25, 0.3) is 5.91 Å². The summed E-state index contributed by atoms with van der Waals surface area (Å²) in [5.74, 6) is 0.789. The van der Waals surface area contributed by atoms with Gasteiger partial charge in [0.15, 0.2) is 0 Å². The molecule has 0 saturated heterocycles. The number of nitrogens with one attached hydrogen (secondary N) is 1. The fraction of sp³-hybridized carbons (Fsp3) is 0.182. The van der Waals surface area contributed by atoms with Crippen molar-refractivity contribution in [3.8, 4) is 0 Å². The quantitative estimate of drug-likeness (QED) is 0.748. The van der Waals surface area contributed by atoms with E-state index in [-0.39, 0.29) is 5.91 Å². The Bertz CT molecular complexity index is 934. The van der Waals surface area contributed by atoms with Gasteiger partial charge in [0, 0.05) is 17.8 Å². The van der Waals surface area contributed by atoms with Crippen LogP contribution in [0.25, 0.3) is 0 Å². The number of aryl methyl sites for hydroxylation is 2. The van der Waals surface area contributed by atoms with E-state index in [1.165, 1.54) is 11.3 Å². The molecule has 4 nitrogen and oxygen atoms in total. The SMILES string of the molecule is Cc1cccc(C(=O)Nc2ccc(N3CCCc4ccccc43)nc2)c1. The van der Waals surface area contributed by atoms with E-state index >= 15 is 0 Å². The van der Waals surface area contributed by atoms with Gasteiger partial charge in [-0.2, -0.15) is 0 Å². The number of nitrogens with zero attached hydrogens (tertiary/aromatic N) is 2. The molecule has 1 N–H and O–H groups in total. The molecule has 1 amide bonds. The molecule has 4 rings (SSSR count). The third-order valence-corrected chi connectivity index (χ3v) is 4.67. The van der Waals surface area contributed by atoms with Crippen LogP contribution >= 0.6 is 0 Å². The molecule has 1 aromatic heterocycles. The van der Waals surface area contributed by atoms with E-state index in [2.05, 4.69) is 39.5 Å². The Labute approximate surface area is 153 Å². The van der Waals surface area contributed by atoms with E-state index in [0.29, 0.717) is 11.3 Å². The minimum atomic E-state index is -0.119. The molecule has 0 radical (unpaired) electrons. The first-order valence-corrected chi connectivity index (χ1v) is 8.90. The molecule has 1 aliphatic rings. The smallest absolute Gasteiger partial charge is 0.255 e. The summed E-state index contributed by atoms with van der Waals surface area (Å²) < 4.78 is 0. The molecule has 0 saturated carbocycles. The van der Waals surface area contributed by atoms with Crippen LogP contribution in [-0.4, -0.2) is 17.4 Å². The number of rotatable bonds is 3. The van der Waals surface area contributed by atoms with Gasteiger partial charge in [-0.1, -0.05) is 35.9 Å². The van der Waals surface area contributed by atoms with Gasteiger partial charge in [-0.3, -0.25) is 4.79 Å². The van der Waals surface area contributed by atoms with Crippen LogP contribution in [0.4, 0.5) is 17.2 Å².